The number of halogens is 2. The van der Waals surface area contributed by atoms with E-state index in [9.17, 15) is 18.7 Å². The number of aliphatic hydroxyl groups is 2. The molecule has 1 fully saturated rings. The van der Waals surface area contributed by atoms with Crippen molar-refractivity contribution in [1.29, 1.82) is 0 Å². The molecule has 1 aliphatic heterocycles. The maximum absolute atomic E-state index is 14.6. The Hall–Kier alpha value is -1.60. The quantitative estimate of drug-likeness (QED) is 0.513. The molecule has 3 N–H and O–H groups in total. The first-order valence-corrected chi connectivity index (χ1v) is 5.88. The van der Waals surface area contributed by atoms with Crippen molar-refractivity contribution >= 4 is 12.2 Å². The third-order valence-corrected chi connectivity index (χ3v) is 3.34. The molecule has 1 saturated heterocycles. The van der Waals surface area contributed by atoms with Crippen LogP contribution in [0.15, 0.2) is 11.0 Å². The molecular formula is C11H10F2N2O4S. The van der Waals surface area contributed by atoms with Gasteiger partial charge in [0.25, 0.3) is 5.56 Å². The third kappa shape index (κ3) is 2.06. The largest absolute Gasteiger partial charge is 0.394 e. The van der Waals surface area contributed by atoms with Gasteiger partial charge < -0.3 is 14.9 Å². The van der Waals surface area contributed by atoms with Crippen molar-refractivity contribution in [3.05, 3.63) is 27.1 Å². The number of hydrogen-bond donors (Lipinski definition) is 3. The Balaban J connectivity index is 2.58. The van der Waals surface area contributed by atoms with Crippen LogP contribution in [-0.4, -0.2) is 44.2 Å². The average Bonchev–Trinajstić information content (AvgIpc) is 2.67. The summed E-state index contributed by atoms with van der Waals surface area (Å²) < 4.78 is 33.4. The summed E-state index contributed by atoms with van der Waals surface area (Å²) in [7, 11) is 0. The fourth-order valence-corrected chi connectivity index (χ4v) is 2.20. The van der Waals surface area contributed by atoms with Crippen LogP contribution in [0.4, 0.5) is 8.78 Å². The van der Waals surface area contributed by atoms with E-state index in [1.165, 1.54) is 0 Å². The van der Waals surface area contributed by atoms with E-state index < -0.39 is 42.1 Å². The molecule has 0 aliphatic carbocycles. The molecule has 1 aliphatic rings. The molecule has 1 aromatic rings. The molecule has 0 amide bonds. The van der Waals surface area contributed by atoms with Crippen LogP contribution in [0.1, 0.15) is 6.23 Å². The lowest BCUT2D eigenvalue weighted by Gasteiger charge is -2.24. The van der Waals surface area contributed by atoms with Crippen molar-refractivity contribution in [2.24, 2.45) is 0 Å². The standard InChI is InChI=1S/C11H10F2N2O4S/c1-2-11(13)7(17)6(4-16)19-9(11)15-3-5(12)8(18)14-10(15)20/h1,3,6-7,9,16-17H,4H2,(H,14,18,20). The Labute approximate surface area is 116 Å². The van der Waals surface area contributed by atoms with Crippen LogP contribution in [0.3, 0.4) is 0 Å². The summed E-state index contributed by atoms with van der Waals surface area (Å²) in [6.45, 7) is -0.690. The van der Waals surface area contributed by atoms with Gasteiger partial charge in [-0.1, -0.05) is 5.92 Å². The van der Waals surface area contributed by atoms with Gasteiger partial charge in [0.15, 0.2) is 11.0 Å². The van der Waals surface area contributed by atoms with Gasteiger partial charge in [-0.2, -0.15) is 4.39 Å². The lowest BCUT2D eigenvalue weighted by Crippen LogP contribution is -2.42. The number of aromatic nitrogens is 2. The Bertz CT molecular complexity index is 682. The van der Waals surface area contributed by atoms with Gasteiger partial charge in [0.05, 0.1) is 12.8 Å². The molecule has 20 heavy (non-hydrogen) atoms. The van der Waals surface area contributed by atoms with Gasteiger partial charge >= 0.3 is 0 Å². The predicted octanol–water partition coefficient (Wildman–Crippen LogP) is -0.363. The van der Waals surface area contributed by atoms with Gasteiger partial charge in [0.2, 0.25) is 11.5 Å². The maximum Gasteiger partial charge on any atom is 0.287 e. The number of alkyl halides is 1. The molecule has 0 bridgehead atoms. The van der Waals surface area contributed by atoms with Gasteiger partial charge in [0.1, 0.15) is 12.2 Å². The van der Waals surface area contributed by atoms with Crippen LogP contribution in [-0.2, 0) is 4.74 Å². The normalized spacial score (nSPS) is 33.0. The number of ether oxygens (including phenoxy) is 1. The summed E-state index contributed by atoms with van der Waals surface area (Å²) in [4.78, 5) is 13.0. The molecule has 2 heterocycles. The first-order valence-electron chi connectivity index (χ1n) is 5.47. The van der Waals surface area contributed by atoms with E-state index in [4.69, 9.17) is 28.5 Å². The van der Waals surface area contributed by atoms with Gasteiger partial charge in [-0.05, 0) is 12.2 Å². The van der Waals surface area contributed by atoms with Crippen molar-refractivity contribution in [1.82, 2.24) is 9.55 Å². The number of rotatable bonds is 2. The molecule has 0 spiro atoms. The number of aromatic amines is 1. The zero-order valence-corrected chi connectivity index (χ0v) is 10.7. The van der Waals surface area contributed by atoms with Crippen molar-refractivity contribution in [3.8, 4) is 12.3 Å². The number of nitrogens with zero attached hydrogens (tertiary/aromatic N) is 1. The predicted molar refractivity (Wildman–Crippen MR) is 65.5 cm³/mol. The maximum atomic E-state index is 14.6. The monoisotopic (exact) mass is 304 g/mol. The van der Waals surface area contributed by atoms with Crippen molar-refractivity contribution in [3.63, 3.8) is 0 Å². The third-order valence-electron chi connectivity index (χ3n) is 3.02. The van der Waals surface area contributed by atoms with Crippen LogP contribution < -0.4 is 5.56 Å². The number of aliphatic hydroxyl groups excluding tert-OH is 2. The minimum atomic E-state index is -2.73. The van der Waals surface area contributed by atoms with Crippen LogP contribution in [0.2, 0.25) is 0 Å². The summed E-state index contributed by atoms with van der Waals surface area (Å²) in [5.74, 6) is 0.511. The molecule has 0 aromatic carbocycles. The van der Waals surface area contributed by atoms with Crippen molar-refractivity contribution in [2.45, 2.75) is 24.1 Å². The van der Waals surface area contributed by atoms with Crippen LogP contribution in [0, 0.1) is 22.9 Å². The highest BCUT2D eigenvalue weighted by atomic mass is 32.1. The number of H-pyrrole nitrogens is 1. The van der Waals surface area contributed by atoms with Crippen molar-refractivity contribution < 1.29 is 23.7 Å². The minimum Gasteiger partial charge on any atom is -0.394 e. The Morgan fingerprint density at radius 1 is 1.70 bits per heavy atom. The van der Waals surface area contributed by atoms with E-state index in [2.05, 4.69) is 0 Å². The highest BCUT2D eigenvalue weighted by Gasteiger charge is 2.57. The molecular weight excluding hydrogens is 294 g/mol. The highest BCUT2D eigenvalue weighted by Crippen LogP contribution is 2.41. The van der Waals surface area contributed by atoms with Gasteiger partial charge in [-0.25, -0.2) is 4.39 Å². The average molecular weight is 304 g/mol. The molecule has 4 unspecified atom stereocenters. The zero-order valence-electron chi connectivity index (χ0n) is 9.92. The first-order chi connectivity index (χ1) is 9.35. The van der Waals surface area contributed by atoms with E-state index in [0.29, 0.717) is 6.20 Å². The molecule has 6 nitrogen and oxygen atoms in total. The number of nitrogens with one attached hydrogen (secondary N) is 1. The SMILES string of the molecule is C#CC1(F)C(O)C(CO)OC1n1cc(F)c(=O)[nH]c1=S. The summed E-state index contributed by atoms with van der Waals surface area (Å²) >= 11 is 4.78. The van der Waals surface area contributed by atoms with E-state index in [1.54, 1.807) is 5.92 Å². The molecule has 1 aromatic heterocycles. The van der Waals surface area contributed by atoms with E-state index >= 15 is 0 Å². The fraction of sp³-hybridized carbons (Fsp3) is 0.455. The minimum absolute atomic E-state index is 0.329. The zero-order chi connectivity index (χ0) is 15.1. The van der Waals surface area contributed by atoms with Crippen LogP contribution >= 0.6 is 12.2 Å². The molecule has 0 radical (unpaired) electrons. The Morgan fingerprint density at radius 3 is 2.90 bits per heavy atom. The topological polar surface area (TPSA) is 87.5 Å². The smallest absolute Gasteiger partial charge is 0.287 e. The summed E-state index contributed by atoms with van der Waals surface area (Å²) in [5, 5.41) is 18.7. The fourth-order valence-electron chi connectivity index (χ4n) is 1.96. The van der Waals surface area contributed by atoms with Crippen LogP contribution in [0.25, 0.3) is 0 Å². The second-order valence-corrected chi connectivity index (χ2v) is 4.60. The van der Waals surface area contributed by atoms with Gasteiger partial charge in [0, 0.05) is 0 Å². The second kappa shape index (κ2) is 5.06. The van der Waals surface area contributed by atoms with E-state index in [0.717, 1.165) is 4.57 Å². The Morgan fingerprint density at radius 2 is 2.35 bits per heavy atom. The van der Waals surface area contributed by atoms with E-state index in [1.807, 2.05) is 4.98 Å². The highest BCUT2D eigenvalue weighted by molar-refractivity contribution is 7.71. The van der Waals surface area contributed by atoms with Gasteiger partial charge in [-0.15, -0.1) is 6.42 Å². The molecule has 0 saturated carbocycles. The number of terminal acetylenes is 1. The molecule has 108 valence electrons. The lowest BCUT2D eigenvalue weighted by molar-refractivity contribution is -0.0538. The van der Waals surface area contributed by atoms with Gasteiger partial charge in [-0.3, -0.25) is 14.3 Å². The van der Waals surface area contributed by atoms with Crippen LogP contribution in [0.5, 0.6) is 0 Å². The first kappa shape index (κ1) is 14.8. The second-order valence-electron chi connectivity index (χ2n) is 4.21. The summed E-state index contributed by atoms with van der Waals surface area (Å²) in [6, 6.07) is 0. The summed E-state index contributed by atoms with van der Waals surface area (Å²) in [5.41, 5.74) is -3.80. The molecule has 9 heteroatoms. The lowest BCUT2D eigenvalue weighted by atomic mass is 9.97. The van der Waals surface area contributed by atoms with Crippen molar-refractivity contribution in [2.75, 3.05) is 6.61 Å². The van der Waals surface area contributed by atoms with E-state index in [-0.39, 0.29) is 4.77 Å². The molecule has 4 atom stereocenters. The summed E-state index contributed by atoms with van der Waals surface area (Å²) in [6.07, 6.45) is 0.909. The number of hydrogen-bond acceptors (Lipinski definition) is 5. The Kier molecular flexibility index (Phi) is 3.75. The molecule has 2 rings (SSSR count).